The van der Waals surface area contributed by atoms with Gasteiger partial charge in [0.05, 0.1) is 11.0 Å². The lowest BCUT2D eigenvalue weighted by molar-refractivity contribution is -0.138. The molecule has 0 radical (unpaired) electrons. The number of nitrogens with zero attached hydrogens (tertiary/aromatic N) is 2. The molecule has 1 saturated heterocycles. The fourth-order valence-corrected chi connectivity index (χ4v) is 4.00. The minimum atomic E-state index is -1.05. The summed E-state index contributed by atoms with van der Waals surface area (Å²) >= 11 is 0. The van der Waals surface area contributed by atoms with Crippen molar-refractivity contribution in [3.8, 4) is 0 Å². The first-order valence-electron chi connectivity index (χ1n) is 9.31. The maximum Gasteiger partial charge on any atom is 0.326 e. The third-order valence-corrected chi connectivity index (χ3v) is 5.56. The van der Waals surface area contributed by atoms with Crippen LogP contribution in [0.2, 0.25) is 0 Å². The van der Waals surface area contributed by atoms with Crippen LogP contribution in [-0.2, 0) is 10.3 Å². The van der Waals surface area contributed by atoms with E-state index in [1.807, 2.05) is 64.1 Å². The second-order valence-electron chi connectivity index (χ2n) is 7.41. The molecule has 140 valence electrons. The van der Waals surface area contributed by atoms with Crippen LogP contribution < -0.4 is 11.4 Å². The fourth-order valence-electron chi connectivity index (χ4n) is 4.00. The minimum Gasteiger partial charge on any atom is -0.341 e. The highest BCUT2D eigenvalue weighted by molar-refractivity contribution is 5.87. The predicted octanol–water partition coefficient (Wildman–Crippen LogP) is 2.37. The van der Waals surface area contributed by atoms with Gasteiger partial charge in [0.2, 0.25) is 5.91 Å². The first-order valence-corrected chi connectivity index (χ1v) is 9.31. The fraction of sp³-hybridized carbons (Fsp3) is 0.333. The first kappa shape index (κ1) is 17.5. The van der Waals surface area contributed by atoms with Crippen molar-refractivity contribution in [1.82, 2.24) is 14.5 Å². The molecule has 1 aliphatic heterocycles. The SMILES string of the molecule is CC(N)(C(=O)N1CCC(n2c(=O)[nH]c3ccccc32)CC1)c1ccccc1. The van der Waals surface area contributed by atoms with Gasteiger partial charge in [-0.15, -0.1) is 0 Å². The van der Waals surface area contributed by atoms with Crippen LogP contribution in [0, 0.1) is 0 Å². The summed E-state index contributed by atoms with van der Waals surface area (Å²) in [6.07, 6.45) is 1.47. The Balaban J connectivity index is 1.51. The molecule has 0 spiro atoms. The maximum atomic E-state index is 13.0. The van der Waals surface area contributed by atoms with Crippen molar-refractivity contribution in [2.24, 2.45) is 5.73 Å². The van der Waals surface area contributed by atoms with Gasteiger partial charge in [-0.1, -0.05) is 42.5 Å². The van der Waals surface area contributed by atoms with Crippen molar-refractivity contribution < 1.29 is 4.79 Å². The molecule has 0 saturated carbocycles. The van der Waals surface area contributed by atoms with E-state index in [1.54, 1.807) is 6.92 Å². The number of H-pyrrole nitrogens is 1. The standard InChI is InChI=1S/C21H24N4O2/c1-21(22,15-7-3-2-4-8-15)19(26)24-13-11-16(12-14-24)25-18-10-6-5-9-17(18)23-20(25)27/h2-10,16H,11-14,22H2,1H3,(H,23,27). The second-order valence-corrected chi connectivity index (χ2v) is 7.41. The number of benzene rings is 2. The topological polar surface area (TPSA) is 84.1 Å². The van der Waals surface area contributed by atoms with Gasteiger partial charge in [-0.3, -0.25) is 9.36 Å². The smallest absolute Gasteiger partial charge is 0.326 e. The predicted molar refractivity (Wildman–Crippen MR) is 105 cm³/mol. The van der Waals surface area contributed by atoms with E-state index in [2.05, 4.69) is 4.98 Å². The van der Waals surface area contributed by atoms with E-state index in [0.29, 0.717) is 13.1 Å². The van der Waals surface area contributed by atoms with Gasteiger partial charge in [-0.2, -0.15) is 0 Å². The number of amides is 1. The van der Waals surface area contributed by atoms with Gasteiger partial charge in [0.25, 0.3) is 0 Å². The van der Waals surface area contributed by atoms with Gasteiger partial charge < -0.3 is 15.6 Å². The molecular formula is C21H24N4O2. The van der Waals surface area contributed by atoms with E-state index in [9.17, 15) is 9.59 Å². The lowest BCUT2D eigenvalue weighted by Gasteiger charge is -2.37. The van der Waals surface area contributed by atoms with Gasteiger partial charge >= 0.3 is 5.69 Å². The van der Waals surface area contributed by atoms with Crippen LogP contribution in [0.25, 0.3) is 11.0 Å². The Morgan fingerprint density at radius 2 is 1.70 bits per heavy atom. The number of aromatic nitrogens is 2. The third-order valence-electron chi connectivity index (χ3n) is 5.56. The van der Waals surface area contributed by atoms with Crippen LogP contribution in [0.4, 0.5) is 0 Å². The molecule has 1 unspecified atom stereocenters. The van der Waals surface area contributed by atoms with Gasteiger partial charge in [-0.25, -0.2) is 4.79 Å². The van der Waals surface area contributed by atoms with Gasteiger partial charge in [-0.05, 0) is 37.5 Å². The Hall–Kier alpha value is -2.86. The molecule has 1 aromatic heterocycles. The van der Waals surface area contributed by atoms with Crippen molar-refractivity contribution >= 4 is 16.9 Å². The Morgan fingerprint density at radius 1 is 1.07 bits per heavy atom. The number of imidazole rings is 1. The first-order chi connectivity index (χ1) is 13.0. The molecule has 3 N–H and O–H groups in total. The molecule has 0 aliphatic carbocycles. The van der Waals surface area contributed by atoms with Crippen molar-refractivity contribution in [2.75, 3.05) is 13.1 Å². The van der Waals surface area contributed by atoms with Crippen LogP contribution in [-0.4, -0.2) is 33.4 Å². The second kappa shape index (κ2) is 6.70. The molecule has 2 heterocycles. The summed E-state index contributed by atoms with van der Waals surface area (Å²) in [7, 11) is 0. The third kappa shape index (κ3) is 3.06. The lowest BCUT2D eigenvalue weighted by Crippen LogP contribution is -2.53. The number of carbonyl (C=O) groups is 1. The minimum absolute atomic E-state index is 0.0709. The Labute approximate surface area is 157 Å². The van der Waals surface area contributed by atoms with E-state index in [-0.39, 0.29) is 17.6 Å². The van der Waals surface area contributed by atoms with Crippen LogP contribution in [0.3, 0.4) is 0 Å². The maximum absolute atomic E-state index is 13.0. The van der Waals surface area contributed by atoms with Crippen LogP contribution in [0.5, 0.6) is 0 Å². The van der Waals surface area contributed by atoms with Gasteiger partial charge in [0.1, 0.15) is 5.54 Å². The molecule has 27 heavy (non-hydrogen) atoms. The number of likely N-dealkylation sites (tertiary alicyclic amines) is 1. The van der Waals surface area contributed by atoms with Crippen molar-refractivity contribution in [3.63, 3.8) is 0 Å². The van der Waals surface area contributed by atoms with E-state index in [0.717, 1.165) is 29.4 Å². The van der Waals surface area contributed by atoms with Crippen molar-refractivity contribution in [1.29, 1.82) is 0 Å². The summed E-state index contributed by atoms with van der Waals surface area (Å²) in [4.78, 5) is 30.2. The van der Waals surface area contributed by atoms with E-state index < -0.39 is 5.54 Å². The highest BCUT2D eigenvalue weighted by Gasteiger charge is 2.36. The number of hydrogen-bond acceptors (Lipinski definition) is 3. The number of para-hydroxylation sites is 2. The Morgan fingerprint density at radius 3 is 2.41 bits per heavy atom. The molecule has 3 aromatic rings. The highest BCUT2D eigenvalue weighted by atomic mass is 16.2. The molecule has 6 nitrogen and oxygen atoms in total. The summed E-state index contributed by atoms with van der Waals surface area (Å²) in [6.45, 7) is 2.95. The zero-order chi connectivity index (χ0) is 19.0. The Bertz CT molecular complexity index is 1010. The lowest BCUT2D eigenvalue weighted by atomic mass is 9.90. The molecular weight excluding hydrogens is 340 g/mol. The Kier molecular flexibility index (Phi) is 4.36. The normalized spacial score (nSPS) is 17.8. The molecule has 1 aliphatic rings. The van der Waals surface area contributed by atoms with E-state index >= 15 is 0 Å². The summed E-state index contributed by atoms with van der Waals surface area (Å²) in [5, 5.41) is 0. The quantitative estimate of drug-likeness (QED) is 0.748. The number of piperidine rings is 1. The zero-order valence-corrected chi connectivity index (χ0v) is 15.4. The van der Waals surface area contributed by atoms with E-state index in [1.165, 1.54) is 0 Å². The average Bonchev–Trinajstić information content (AvgIpc) is 3.04. The van der Waals surface area contributed by atoms with Crippen molar-refractivity contribution in [3.05, 3.63) is 70.6 Å². The monoisotopic (exact) mass is 364 g/mol. The van der Waals surface area contributed by atoms with Crippen LogP contribution in [0.1, 0.15) is 31.4 Å². The van der Waals surface area contributed by atoms with Crippen molar-refractivity contribution in [2.45, 2.75) is 31.3 Å². The summed E-state index contributed by atoms with van der Waals surface area (Å²) in [5.41, 5.74) is 7.82. The summed E-state index contributed by atoms with van der Waals surface area (Å²) < 4.78 is 1.83. The zero-order valence-electron chi connectivity index (χ0n) is 15.4. The number of hydrogen-bond donors (Lipinski definition) is 2. The number of fused-ring (bicyclic) bond motifs is 1. The molecule has 2 aromatic carbocycles. The molecule has 4 rings (SSSR count). The highest BCUT2D eigenvalue weighted by Crippen LogP contribution is 2.28. The average molecular weight is 364 g/mol. The van der Waals surface area contributed by atoms with Gasteiger partial charge in [0.15, 0.2) is 0 Å². The van der Waals surface area contributed by atoms with Gasteiger partial charge in [0, 0.05) is 19.1 Å². The molecule has 1 atom stereocenters. The number of carbonyl (C=O) groups excluding carboxylic acids is 1. The summed E-state index contributed by atoms with van der Waals surface area (Å²) in [5.74, 6) is -0.0709. The molecule has 0 bridgehead atoms. The van der Waals surface area contributed by atoms with E-state index in [4.69, 9.17) is 5.73 Å². The molecule has 1 fully saturated rings. The molecule has 6 heteroatoms. The number of nitrogens with one attached hydrogen (secondary N) is 1. The van der Waals surface area contributed by atoms with Crippen LogP contribution in [0.15, 0.2) is 59.4 Å². The number of rotatable bonds is 3. The number of aromatic amines is 1. The summed E-state index contributed by atoms with van der Waals surface area (Å²) in [6, 6.07) is 17.3. The number of nitrogens with two attached hydrogens (primary N) is 1. The largest absolute Gasteiger partial charge is 0.341 e. The van der Waals surface area contributed by atoms with Crippen LogP contribution >= 0.6 is 0 Å². The molecule has 1 amide bonds.